The van der Waals surface area contributed by atoms with Crippen molar-refractivity contribution >= 4 is 17.8 Å². The predicted octanol–water partition coefficient (Wildman–Crippen LogP) is 0.310. The van der Waals surface area contributed by atoms with Crippen LogP contribution in [0.15, 0.2) is 36.9 Å². The van der Waals surface area contributed by atoms with E-state index in [9.17, 15) is 14.4 Å². The maximum absolute atomic E-state index is 11.9. The fraction of sp³-hybridized carbons (Fsp3) is 0.214. The van der Waals surface area contributed by atoms with Crippen LogP contribution in [0.2, 0.25) is 0 Å². The molecule has 1 aromatic carbocycles. The zero-order chi connectivity index (χ0) is 15.8. The van der Waals surface area contributed by atoms with Gasteiger partial charge in [-0.25, -0.2) is 4.79 Å². The van der Waals surface area contributed by atoms with E-state index in [1.54, 1.807) is 0 Å². The maximum Gasteiger partial charge on any atom is 0.326 e. The van der Waals surface area contributed by atoms with Crippen molar-refractivity contribution in [2.45, 2.75) is 12.5 Å². The Labute approximate surface area is 121 Å². The molecule has 0 saturated heterocycles. The van der Waals surface area contributed by atoms with Crippen LogP contribution in [0.4, 0.5) is 0 Å². The lowest BCUT2D eigenvalue weighted by Crippen LogP contribution is -2.40. The topological polar surface area (TPSA) is 119 Å². The van der Waals surface area contributed by atoms with Gasteiger partial charge in [-0.2, -0.15) is 0 Å². The van der Waals surface area contributed by atoms with Crippen LogP contribution in [0.25, 0.3) is 0 Å². The van der Waals surface area contributed by atoms with E-state index in [0.717, 1.165) is 0 Å². The summed E-state index contributed by atoms with van der Waals surface area (Å²) in [7, 11) is 0. The van der Waals surface area contributed by atoms with Crippen molar-refractivity contribution in [3.8, 4) is 5.75 Å². The molecule has 0 aliphatic rings. The Bertz CT molecular complexity index is 539. The van der Waals surface area contributed by atoms with Gasteiger partial charge in [0.05, 0.1) is 0 Å². The fourth-order valence-corrected chi connectivity index (χ4v) is 1.49. The molecular formula is C14H16N2O5. The quantitative estimate of drug-likeness (QED) is 0.596. The predicted molar refractivity (Wildman–Crippen MR) is 74.8 cm³/mol. The summed E-state index contributed by atoms with van der Waals surface area (Å²) in [4.78, 5) is 33.4. The van der Waals surface area contributed by atoms with Gasteiger partial charge in [-0.15, -0.1) is 6.58 Å². The number of ether oxygens (including phenoxy) is 1. The number of amides is 2. The Kier molecular flexibility index (Phi) is 5.94. The Morgan fingerprint density at radius 1 is 1.33 bits per heavy atom. The number of primary amides is 1. The third kappa shape index (κ3) is 5.35. The molecule has 4 N–H and O–H groups in total. The van der Waals surface area contributed by atoms with E-state index in [4.69, 9.17) is 15.6 Å². The first-order valence-corrected chi connectivity index (χ1v) is 6.09. The van der Waals surface area contributed by atoms with Gasteiger partial charge in [0.1, 0.15) is 11.8 Å². The zero-order valence-electron chi connectivity index (χ0n) is 11.2. The number of hydrogen-bond acceptors (Lipinski definition) is 4. The van der Waals surface area contributed by atoms with E-state index in [0.29, 0.717) is 5.75 Å². The number of carbonyl (C=O) groups is 3. The number of carboxylic acid groups (broad SMARTS) is 1. The number of aliphatic carboxylic acids is 1. The molecule has 1 aromatic rings. The number of rotatable bonds is 8. The van der Waals surface area contributed by atoms with Crippen LogP contribution in [0.5, 0.6) is 5.75 Å². The molecule has 0 bridgehead atoms. The van der Waals surface area contributed by atoms with Crippen LogP contribution in [0.1, 0.15) is 16.8 Å². The van der Waals surface area contributed by atoms with Crippen LogP contribution in [-0.2, 0) is 9.59 Å². The van der Waals surface area contributed by atoms with Gasteiger partial charge in [0.2, 0.25) is 0 Å². The molecule has 21 heavy (non-hydrogen) atoms. The summed E-state index contributed by atoms with van der Waals surface area (Å²) in [5.74, 6) is -1.88. The van der Waals surface area contributed by atoms with E-state index in [-0.39, 0.29) is 18.6 Å². The van der Waals surface area contributed by atoms with Crippen molar-refractivity contribution in [1.29, 1.82) is 0 Å². The normalized spacial score (nSPS) is 11.2. The average Bonchev–Trinajstić information content (AvgIpc) is 2.45. The molecular weight excluding hydrogens is 276 g/mol. The van der Waals surface area contributed by atoms with Gasteiger partial charge in [-0.05, 0) is 30.7 Å². The van der Waals surface area contributed by atoms with E-state index in [1.165, 1.54) is 30.3 Å². The molecule has 1 atom stereocenters. The molecule has 1 rings (SSSR count). The van der Waals surface area contributed by atoms with E-state index >= 15 is 0 Å². The minimum absolute atomic E-state index is 0.126. The van der Waals surface area contributed by atoms with Gasteiger partial charge < -0.3 is 20.9 Å². The van der Waals surface area contributed by atoms with Crippen molar-refractivity contribution in [1.82, 2.24) is 5.32 Å². The SMILES string of the molecule is C=CCC(NC(=O)c1ccc(OCC(N)=O)cc1)C(=O)O. The number of nitrogens with two attached hydrogens (primary N) is 1. The van der Waals surface area contributed by atoms with E-state index in [1.807, 2.05) is 0 Å². The summed E-state index contributed by atoms with van der Waals surface area (Å²) in [6.07, 6.45) is 1.54. The third-order valence-electron chi connectivity index (χ3n) is 2.50. The van der Waals surface area contributed by atoms with Gasteiger partial charge in [0, 0.05) is 5.56 Å². The summed E-state index contributed by atoms with van der Waals surface area (Å²) < 4.78 is 5.05. The molecule has 0 aliphatic carbocycles. The van der Waals surface area contributed by atoms with Crippen LogP contribution >= 0.6 is 0 Å². The van der Waals surface area contributed by atoms with Gasteiger partial charge in [-0.3, -0.25) is 9.59 Å². The molecule has 1 unspecified atom stereocenters. The summed E-state index contributed by atoms with van der Waals surface area (Å²) in [5.41, 5.74) is 5.21. The number of nitrogens with one attached hydrogen (secondary N) is 1. The smallest absolute Gasteiger partial charge is 0.326 e. The Hall–Kier alpha value is -2.83. The first kappa shape index (κ1) is 16.2. The highest BCUT2D eigenvalue weighted by molar-refractivity contribution is 5.96. The number of carbonyl (C=O) groups excluding carboxylic acids is 2. The van der Waals surface area contributed by atoms with E-state index in [2.05, 4.69) is 11.9 Å². The first-order valence-electron chi connectivity index (χ1n) is 6.09. The molecule has 0 saturated carbocycles. The molecule has 7 nitrogen and oxygen atoms in total. The van der Waals surface area contributed by atoms with Crippen molar-refractivity contribution in [3.05, 3.63) is 42.5 Å². The van der Waals surface area contributed by atoms with Crippen LogP contribution in [0, 0.1) is 0 Å². The monoisotopic (exact) mass is 292 g/mol. The molecule has 0 radical (unpaired) electrons. The van der Waals surface area contributed by atoms with Crippen LogP contribution in [-0.4, -0.2) is 35.5 Å². The summed E-state index contributed by atoms with van der Waals surface area (Å²) >= 11 is 0. The highest BCUT2D eigenvalue weighted by atomic mass is 16.5. The van der Waals surface area contributed by atoms with Gasteiger partial charge in [0.15, 0.2) is 6.61 Å². The van der Waals surface area contributed by atoms with Gasteiger partial charge in [0.25, 0.3) is 11.8 Å². The van der Waals surface area contributed by atoms with Gasteiger partial charge >= 0.3 is 5.97 Å². The highest BCUT2D eigenvalue weighted by Gasteiger charge is 2.19. The number of hydrogen-bond donors (Lipinski definition) is 3. The molecule has 0 aromatic heterocycles. The summed E-state index contributed by atoms with van der Waals surface area (Å²) in [6, 6.07) is 4.86. The minimum atomic E-state index is -1.13. The summed E-state index contributed by atoms with van der Waals surface area (Å²) in [5, 5.41) is 11.3. The summed E-state index contributed by atoms with van der Waals surface area (Å²) in [6.45, 7) is 3.18. The molecule has 0 fully saturated rings. The molecule has 0 spiro atoms. The van der Waals surface area contributed by atoms with Crippen molar-refractivity contribution in [3.63, 3.8) is 0 Å². The van der Waals surface area contributed by atoms with Crippen molar-refractivity contribution < 1.29 is 24.2 Å². The standard InChI is InChI=1S/C14H16N2O5/c1-2-3-11(14(19)20)16-13(18)9-4-6-10(7-5-9)21-8-12(15)17/h2,4-7,11H,1,3,8H2,(H2,15,17)(H,16,18)(H,19,20). The fourth-order valence-electron chi connectivity index (χ4n) is 1.49. The Morgan fingerprint density at radius 2 is 1.95 bits per heavy atom. The van der Waals surface area contributed by atoms with Crippen LogP contribution in [0.3, 0.4) is 0 Å². The second-order valence-electron chi connectivity index (χ2n) is 4.17. The zero-order valence-corrected chi connectivity index (χ0v) is 11.2. The molecule has 0 heterocycles. The second-order valence-corrected chi connectivity index (χ2v) is 4.17. The first-order chi connectivity index (χ1) is 9.93. The third-order valence-corrected chi connectivity index (χ3v) is 2.50. The molecule has 112 valence electrons. The van der Waals surface area contributed by atoms with E-state index < -0.39 is 23.8 Å². The molecule has 2 amide bonds. The second kappa shape index (κ2) is 7.68. The average molecular weight is 292 g/mol. The number of carboxylic acids is 1. The lowest BCUT2D eigenvalue weighted by molar-refractivity contribution is -0.139. The van der Waals surface area contributed by atoms with Gasteiger partial charge in [-0.1, -0.05) is 6.08 Å². The highest BCUT2D eigenvalue weighted by Crippen LogP contribution is 2.12. The largest absolute Gasteiger partial charge is 0.484 e. The minimum Gasteiger partial charge on any atom is -0.484 e. The Morgan fingerprint density at radius 3 is 2.43 bits per heavy atom. The van der Waals surface area contributed by atoms with Crippen molar-refractivity contribution in [2.24, 2.45) is 5.73 Å². The molecule has 7 heteroatoms. The maximum atomic E-state index is 11.9. The lowest BCUT2D eigenvalue weighted by atomic mass is 10.1. The Balaban J connectivity index is 2.67. The lowest BCUT2D eigenvalue weighted by Gasteiger charge is -2.12. The van der Waals surface area contributed by atoms with Crippen LogP contribution < -0.4 is 15.8 Å². The molecule has 0 aliphatic heterocycles. The number of benzene rings is 1. The van der Waals surface area contributed by atoms with Crippen molar-refractivity contribution in [2.75, 3.05) is 6.61 Å².